The van der Waals surface area contributed by atoms with Crippen LogP contribution in [0.3, 0.4) is 0 Å². The highest BCUT2D eigenvalue weighted by Crippen LogP contribution is 2.39. The number of rotatable bonds is 3. The Kier molecular flexibility index (Phi) is 3.91. The first-order valence-corrected chi connectivity index (χ1v) is 10.5. The van der Waals surface area contributed by atoms with Crippen molar-refractivity contribution in [2.75, 3.05) is 12.4 Å². The van der Waals surface area contributed by atoms with Crippen LogP contribution in [0.2, 0.25) is 0 Å². The van der Waals surface area contributed by atoms with E-state index in [0.717, 1.165) is 40.3 Å². The number of aromatic nitrogens is 1. The summed E-state index contributed by atoms with van der Waals surface area (Å²) < 4.78 is 8.31. The number of nitriles is 1. The van der Waals surface area contributed by atoms with E-state index in [9.17, 15) is 5.26 Å². The number of fused-ring (bicyclic) bond motifs is 6. The van der Waals surface area contributed by atoms with E-state index in [1.54, 1.807) is 7.11 Å². The Morgan fingerprint density at radius 3 is 2.87 bits per heavy atom. The fraction of sp³-hybridized carbons (Fsp3) is 0.148. The quantitative estimate of drug-likeness (QED) is 0.728. The molecule has 0 bridgehead atoms. The average Bonchev–Trinajstić information content (AvgIpc) is 3.35. The molecule has 6 rings (SSSR count). The lowest BCUT2D eigenvalue weighted by Gasteiger charge is -2.15. The van der Waals surface area contributed by atoms with Crippen molar-refractivity contribution in [2.24, 2.45) is 0 Å². The summed E-state index contributed by atoms with van der Waals surface area (Å²) in [4.78, 5) is 0. The third kappa shape index (κ3) is 2.47. The van der Waals surface area contributed by atoms with Crippen LogP contribution in [0.4, 0.5) is 5.69 Å². The molecule has 1 aliphatic heterocycles. The number of benzene rings is 2. The lowest BCUT2D eigenvalue weighted by atomic mass is 9.97. The van der Waals surface area contributed by atoms with Crippen molar-refractivity contribution in [1.29, 1.82) is 5.26 Å². The van der Waals surface area contributed by atoms with E-state index in [0.29, 0.717) is 11.3 Å². The molecule has 150 valence electrons. The zero-order chi connectivity index (χ0) is 20.9. The van der Waals surface area contributed by atoms with Crippen molar-refractivity contribution in [1.82, 2.24) is 4.57 Å². The van der Waals surface area contributed by atoms with Gasteiger partial charge in [-0.05, 0) is 29.2 Å². The number of hydrogen-bond donors (Lipinski definition) is 1. The second-order valence-corrected chi connectivity index (χ2v) is 8.05. The van der Waals surface area contributed by atoms with Crippen LogP contribution in [0.1, 0.15) is 16.7 Å². The molecule has 0 saturated carbocycles. The van der Waals surface area contributed by atoms with Gasteiger partial charge in [0, 0.05) is 22.5 Å². The minimum absolute atomic E-state index is 0.0709. The van der Waals surface area contributed by atoms with E-state index in [-0.39, 0.29) is 6.04 Å². The summed E-state index contributed by atoms with van der Waals surface area (Å²) in [6.45, 7) is 0.756. The van der Waals surface area contributed by atoms with Crippen LogP contribution < -0.4 is 20.6 Å². The molecule has 1 atom stereocenters. The van der Waals surface area contributed by atoms with Gasteiger partial charge in [-0.1, -0.05) is 66.8 Å². The van der Waals surface area contributed by atoms with Gasteiger partial charge in [-0.3, -0.25) is 0 Å². The van der Waals surface area contributed by atoms with Gasteiger partial charge in [-0.2, -0.15) is 5.26 Å². The first-order valence-electron chi connectivity index (χ1n) is 10.5. The van der Waals surface area contributed by atoms with Crippen molar-refractivity contribution in [3.63, 3.8) is 0 Å². The number of anilines is 1. The third-order valence-corrected chi connectivity index (χ3v) is 6.43. The van der Waals surface area contributed by atoms with Crippen LogP contribution in [0.5, 0.6) is 5.75 Å². The first kappa shape index (κ1) is 17.9. The molecule has 2 heterocycles. The van der Waals surface area contributed by atoms with E-state index < -0.39 is 0 Å². The van der Waals surface area contributed by atoms with E-state index >= 15 is 0 Å². The number of methoxy groups -OCH3 is 1. The Hall–Kier alpha value is -3.97. The van der Waals surface area contributed by atoms with Crippen molar-refractivity contribution in [3.8, 4) is 11.8 Å². The summed E-state index contributed by atoms with van der Waals surface area (Å²) in [7, 11) is 1.67. The van der Waals surface area contributed by atoms with Gasteiger partial charge < -0.3 is 14.6 Å². The largest absolute Gasteiger partial charge is 0.495 e. The maximum Gasteiger partial charge on any atom is 0.147 e. The second-order valence-electron chi connectivity index (χ2n) is 8.05. The SMILES string of the molecule is COc1c(C#N)c2c(c3c1c1c(n3Cc3ccccc3)=CC=CC1)NC1C=CC=CC=21. The van der Waals surface area contributed by atoms with Gasteiger partial charge in [0.25, 0.3) is 0 Å². The molecule has 3 aromatic rings. The molecule has 0 amide bonds. The summed E-state index contributed by atoms with van der Waals surface area (Å²) in [5.41, 5.74) is 6.35. The zero-order valence-electron chi connectivity index (χ0n) is 17.2. The van der Waals surface area contributed by atoms with Crippen LogP contribution in [0.15, 0.2) is 66.8 Å². The minimum atomic E-state index is 0.0709. The Morgan fingerprint density at radius 2 is 2.06 bits per heavy atom. The summed E-state index contributed by atoms with van der Waals surface area (Å²) in [6.07, 6.45) is 15.6. The fourth-order valence-corrected chi connectivity index (χ4v) is 5.15. The molecule has 0 fully saturated rings. The predicted molar refractivity (Wildman–Crippen MR) is 124 cm³/mol. The number of nitrogens with zero attached hydrogens (tertiary/aromatic N) is 2. The summed E-state index contributed by atoms with van der Waals surface area (Å²) in [5, 5.41) is 17.1. The van der Waals surface area contributed by atoms with Gasteiger partial charge in [-0.15, -0.1) is 0 Å². The molecular weight excluding hydrogens is 382 g/mol. The highest BCUT2D eigenvalue weighted by Gasteiger charge is 2.31. The maximum absolute atomic E-state index is 10.2. The fourth-order valence-electron chi connectivity index (χ4n) is 5.15. The molecular formula is C27H21N3O. The molecule has 1 unspecified atom stereocenters. The highest BCUT2D eigenvalue weighted by molar-refractivity contribution is 6.05. The number of ether oxygens (including phenoxy) is 1. The van der Waals surface area contributed by atoms with Crippen molar-refractivity contribution >= 4 is 28.2 Å². The van der Waals surface area contributed by atoms with E-state index in [1.165, 1.54) is 16.5 Å². The molecule has 2 aliphatic carbocycles. The monoisotopic (exact) mass is 403 g/mol. The number of nitrogens with one attached hydrogen (secondary N) is 1. The van der Waals surface area contributed by atoms with Gasteiger partial charge in [0.15, 0.2) is 0 Å². The van der Waals surface area contributed by atoms with Crippen LogP contribution in [-0.2, 0) is 13.0 Å². The molecule has 0 spiro atoms. The van der Waals surface area contributed by atoms with Gasteiger partial charge >= 0.3 is 0 Å². The molecule has 0 saturated heterocycles. The number of allylic oxidation sites excluding steroid dienone is 4. The molecule has 2 aromatic carbocycles. The van der Waals surface area contributed by atoms with Crippen LogP contribution >= 0.6 is 0 Å². The molecule has 4 nitrogen and oxygen atoms in total. The van der Waals surface area contributed by atoms with Gasteiger partial charge in [0.2, 0.25) is 0 Å². The zero-order valence-corrected chi connectivity index (χ0v) is 17.2. The molecule has 1 N–H and O–H groups in total. The average molecular weight is 403 g/mol. The van der Waals surface area contributed by atoms with Gasteiger partial charge in [0.05, 0.1) is 24.4 Å². The second kappa shape index (κ2) is 6.78. The lowest BCUT2D eigenvalue weighted by molar-refractivity contribution is 0.418. The normalized spacial score (nSPS) is 17.5. The topological polar surface area (TPSA) is 50.0 Å². The maximum atomic E-state index is 10.2. The summed E-state index contributed by atoms with van der Waals surface area (Å²) >= 11 is 0. The van der Waals surface area contributed by atoms with Crippen LogP contribution in [0.25, 0.3) is 22.6 Å². The Labute approximate surface area is 180 Å². The van der Waals surface area contributed by atoms with Gasteiger partial charge in [0.1, 0.15) is 17.4 Å². The summed E-state index contributed by atoms with van der Waals surface area (Å²) in [5.74, 6) is 0.681. The smallest absolute Gasteiger partial charge is 0.147 e. The standard InChI is InChI=1S/C27H21N3O/c1-31-27-20(15-28)23-18-11-5-7-13-21(18)29-25(23)26-24(27)19-12-6-8-14-22(19)30(26)16-17-9-3-2-4-10-17/h2-11,13-14,21,29H,12,16H2,1H3. The van der Waals surface area contributed by atoms with Crippen LogP contribution in [-0.4, -0.2) is 17.7 Å². The molecule has 3 aliphatic rings. The third-order valence-electron chi connectivity index (χ3n) is 6.43. The Morgan fingerprint density at radius 1 is 1.19 bits per heavy atom. The lowest BCUT2D eigenvalue weighted by Crippen LogP contribution is -2.21. The Balaban J connectivity index is 1.79. The van der Waals surface area contributed by atoms with Crippen molar-refractivity contribution < 1.29 is 4.74 Å². The molecule has 4 heteroatoms. The van der Waals surface area contributed by atoms with Crippen LogP contribution in [0, 0.1) is 11.3 Å². The van der Waals surface area contributed by atoms with E-state index in [4.69, 9.17) is 4.74 Å². The Bertz CT molecular complexity index is 1490. The molecule has 1 aromatic heterocycles. The highest BCUT2D eigenvalue weighted by atomic mass is 16.5. The molecule has 0 radical (unpaired) electrons. The van der Waals surface area contributed by atoms with Crippen molar-refractivity contribution in [3.05, 3.63) is 94.0 Å². The van der Waals surface area contributed by atoms with Crippen molar-refractivity contribution in [2.45, 2.75) is 19.0 Å². The van der Waals surface area contributed by atoms with Gasteiger partial charge in [-0.25, -0.2) is 0 Å². The number of hydrogen-bond acceptors (Lipinski definition) is 3. The summed E-state index contributed by atoms with van der Waals surface area (Å²) in [6, 6.07) is 13.0. The predicted octanol–water partition coefficient (Wildman–Crippen LogP) is 3.53. The van der Waals surface area contributed by atoms with E-state index in [1.807, 2.05) is 12.1 Å². The van der Waals surface area contributed by atoms with E-state index in [2.05, 4.69) is 76.7 Å². The molecule has 31 heavy (non-hydrogen) atoms. The minimum Gasteiger partial charge on any atom is -0.495 e. The first-order chi connectivity index (χ1) is 15.3.